The molecule has 7 heteroatoms. The van der Waals surface area contributed by atoms with E-state index in [-0.39, 0.29) is 17.4 Å². The Morgan fingerprint density at radius 2 is 1.76 bits per heavy atom. The molecule has 4 nitrogen and oxygen atoms in total. The second kappa shape index (κ2) is 10.9. The Balaban J connectivity index is 1.73. The number of esters is 1. The average Bonchev–Trinajstić information content (AvgIpc) is 2.79. The molecule has 4 atom stereocenters. The average molecular weight is 494 g/mol. The molecule has 0 amide bonds. The molecule has 1 saturated carbocycles. The van der Waals surface area contributed by atoms with E-state index in [0.29, 0.717) is 23.8 Å². The molecule has 34 heavy (non-hydrogen) atoms. The van der Waals surface area contributed by atoms with Gasteiger partial charge in [0, 0.05) is 11.6 Å². The van der Waals surface area contributed by atoms with Crippen LogP contribution < -0.4 is 10.1 Å². The Kier molecular flexibility index (Phi) is 8.45. The molecule has 186 valence electrons. The van der Waals surface area contributed by atoms with Crippen LogP contribution in [-0.2, 0) is 14.9 Å². The minimum Gasteiger partial charge on any atom is -0.497 e. The van der Waals surface area contributed by atoms with E-state index in [4.69, 9.17) is 21.1 Å². The van der Waals surface area contributed by atoms with E-state index in [1.54, 1.807) is 24.3 Å². The Labute approximate surface area is 206 Å². The third-order valence-corrected chi connectivity index (χ3v) is 7.24. The van der Waals surface area contributed by atoms with Gasteiger partial charge in [-0.3, -0.25) is 4.79 Å². The van der Waals surface area contributed by atoms with Crippen LogP contribution in [0.3, 0.4) is 0 Å². The summed E-state index contributed by atoms with van der Waals surface area (Å²) in [6, 6.07) is 15.0. The summed E-state index contributed by atoms with van der Waals surface area (Å²) >= 11 is 5.37. The van der Waals surface area contributed by atoms with E-state index in [1.165, 1.54) is 12.7 Å². The zero-order chi connectivity index (χ0) is 24.9. The number of benzene rings is 2. The minimum atomic E-state index is -3.64. The van der Waals surface area contributed by atoms with Gasteiger partial charge in [-0.2, -0.15) is 8.78 Å². The van der Waals surface area contributed by atoms with Gasteiger partial charge in [-0.05, 0) is 65.6 Å². The zero-order valence-corrected chi connectivity index (χ0v) is 20.9. The number of carbonyl (C=O) groups excluding carboxylic acids is 1. The lowest BCUT2D eigenvalue weighted by atomic mass is 9.64. The van der Waals surface area contributed by atoms with Gasteiger partial charge in [-0.25, -0.2) is 0 Å². The fraction of sp³-hybridized carbons (Fsp3) is 0.519. The van der Waals surface area contributed by atoms with Gasteiger partial charge in [0.25, 0.3) is 0 Å². The van der Waals surface area contributed by atoms with Gasteiger partial charge in [0.15, 0.2) is 0 Å². The highest BCUT2D eigenvalue weighted by Gasteiger charge is 2.44. The number of methoxy groups -OCH3 is 1. The number of carbonyl (C=O) groups is 1. The third kappa shape index (κ3) is 6.62. The van der Waals surface area contributed by atoms with E-state index >= 15 is 0 Å². The molecule has 1 N–H and O–H groups in total. The van der Waals surface area contributed by atoms with Crippen molar-refractivity contribution in [3.63, 3.8) is 0 Å². The molecule has 1 aliphatic rings. The second-order valence-electron chi connectivity index (χ2n) is 9.81. The fourth-order valence-electron chi connectivity index (χ4n) is 4.89. The lowest BCUT2D eigenvalue weighted by Crippen LogP contribution is -2.44. The van der Waals surface area contributed by atoms with Crippen LogP contribution in [0.4, 0.5) is 14.5 Å². The predicted molar refractivity (Wildman–Crippen MR) is 132 cm³/mol. The first-order valence-corrected chi connectivity index (χ1v) is 12.1. The maximum absolute atomic E-state index is 14.2. The molecule has 0 saturated heterocycles. The molecule has 3 rings (SSSR count). The molecule has 1 aliphatic carbocycles. The molecule has 1 fully saturated rings. The van der Waals surface area contributed by atoms with Crippen LogP contribution in [0.25, 0.3) is 0 Å². The van der Waals surface area contributed by atoms with Crippen LogP contribution >= 0.6 is 11.6 Å². The van der Waals surface area contributed by atoms with Crippen LogP contribution in [-0.4, -0.2) is 30.6 Å². The zero-order valence-electron chi connectivity index (χ0n) is 20.2. The monoisotopic (exact) mass is 493 g/mol. The quantitative estimate of drug-likeness (QED) is 0.301. The van der Waals surface area contributed by atoms with Crippen molar-refractivity contribution in [2.24, 2.45) is 11.8 Å². The highest BCUT2D eigenvalue weighted by atomic mass is 35.5. The summed E-state index contributed by atoms with van der Waals surface area (Å²) in [6.07, 6.45) is 1.75. The maximum atomic E-state index is 14.2. The highest BCUT2D eigenvalue weighted by molar-refractivity contribution is 6.22. The van der Waals surface area contributed by atoms with Crippen LogP contribution in [0, 0.1) is 11.8 Å². The summed E-state index contributed by atoms with van der Waals surface area (Å²) < 4.78 is 39.3. The van der Waals surface area contributed by atoms with Crippen molar-refractivity contribution in [1.82, 2.24) is 0 Å². The highest BCUT2D eigenvalue weighted by Crippen LogP contribution is 2.44. The summed E-state index contributed by atoms with van der Waals surface area (Å²) in [7, 11) is 1.52. The summed E-state index contributed by atoms with van der Waals surface area (Å²) in [5.41, 5.74) is 1.35. The maximum Gasteiger partial charge on any atom is 0.341 e. The van der Waals surface area contributed by atoms with Crippen LogP contribution in [0.2, 0.25) is 0 Å². The first kappa shape index (κ1) is 26.3. The second-order valence-corrected chi connectivity index (χ2v) is 10.3. The molecule has 2 aromatic rings. The Bertz CT molecular complexity index is 931. The normalized spacial score (nSPS) is 22.0. The Morgan fingerprint density at radius 1 is 1.12 bits per heavy atom. The number of anilines is 1. The van der Waals surface area contributed by atoms with Crippen molar-refractivity contribution in [3.05, 3.63) is 60.2 Å². The van der Waals surface area contributed by atoms with E-state index in [1.807, 2.05) is 18.2 Å². The van der Waals surface area contributed by atoms with E-state index in [9.17, 15) is 13.6 Å². The number of hydrogen-bond acceptors (Lipinski definition) is 4. The Hall–Kier alpha value is -2.34. The molecule has 1 unspecified atom stereocenters. The summed E-state index contributed by atoms with van der Waals surface area (Å²) in [6.45, 7) is 6.45. The molecule has 0 aromatic heterocycles. The van der Waals surface area contributed by atoms with Gasteiger partial charge in [0.2, 0.25) is 0 Å². The number of alkyl halides is 3. The van der Waals surface area contributed by atoms with Crippen LogP contribution in [0.15, 0.2) is 54.6 Å². The SMILES string of the molecule is COc1ccc(NC(CC(=O)O[C@@H]2C[C@H](C)CC[C@H]2C(C)(C)c2ccccc2)C(F)(F)Cl)cc1. The topological polar surface area (TPSA) is 47.6 Å². The molecule has 0 radical (unpaired) electrons. The molecular formula is C27H34ClF2NO3. The lowest BCUT2D eigenvalue weighted by molar-refractivity contribution is -0.158. The molecule has 0 bridgehead atoms. The fourth-order valence-corrected chi connectivity index (χ4v) is 5.02. The molecular weight excluding hydrogens is 460 g/mol. The lowest BCUT2D eigenvalue weighted by Gasteiger charge is -2.44. The molecule has 2 aromatic carbocycles. The number of ether oxygens (including phenoxy) is 2. The van der Waals surface area contributed by atoms with Crippen LogP contribution in [0.1, 0.15) is 52.0 Å². The molecule has 0 heterocycles. The number of nitrogens with one attached hydrogen (secondary N) is 1. The first-order chi connectivity index (χ1) is 16.0. The van der Waals surface area contributed by atoms with E-state index in [0.717, 1.165) is 12.8 Å². The van der Waals surface area contributed by atoms with E-state index in [2.05, 4.69) is 38.2 Å². The largest absolute Gasteiger partial charge is 0.497 e. The van der Waals surface area contributed by atoms with Crippen molar-refractivity contribution in [2.75, 3.05) is 12.4 Å². The summed E-state index contributed by atoms with van der Waals surface area (Å²) in [5.74, 6) is 0.389. The number of halogens is 3. The summed E-state index contributed by atoms with van der Waals surface area (Å²) in [5, 5.41) is -0.961. The van der Waals surface area contributed by atoms with Gasteiger partial charge in [-0.1, -0.05) is 57.5 Å². The van der Waals surface area contributed by atoms with Gasteiger partial charge < -0.3 is 14.8 Å². The standard InChI is InChI=1S/C27H34ClF2NO3/c1-18-10-15-22(26(2,3)19-8-6-5-7-9-19)23(16-18)34-25(32)17-24(27(28,29)30)31-20-11-13-21(33-4)14-12-20/h5-9,11-14,18,22-24,31H,10,15-17H2,1-4H3/t18-,22-,23-,24?/m1/s1. The number of rotatable bonds is 9. The van der Waals surface area contributed by atoms with Gasteiger partial charge >= 0.3 is 11.4 Å². The molecule has 0 aliphatic heterocycles. The van der Waals surface area contributed by atoms with Crippen molar-refractivity contribution in [2.45, 2.75) is 69.4 Å². The number of hydrogen-bond donors (Lipinski definition) is 1. The van der Waals surface area contributed by atoms with Crippen molar-refractivity contribution in [3.8, 4) is 5.75 Å². The minimum absolute atomic E-state index is 0.0829. The van der Waals surface area contributed by atoms with E-state index < -0.39 is 23.8 Å². The van der Waals surface area contributed by atoms with Gasteiger partial charge in [0.05, 0.1) is 13.5 Å². The first-order valence-electron chi connectivity index (χ1n) is 11.7. The van der Waals surface area contributed by atoms with Gasteiger partial charge in [-0.15, -0.1) is 0 Å². The summed E-state index contributed by atoms with van der Waals surface area (Å²) in [4.78, 5) is 12.9. The van der Waals surface area contributed by atoms with Crippen molar-refractivity contribution < 1.29 is 23.0 Å². The van der Waals surface area contributed by atoms with Crippen molar-refractivity contribution >= 4 is 23.3 Å². The van der Waals surface area contributed by atoms with Crippen molar-refractivity contribution in [1.29, 1.82) is 0 Å². The third-order valence-electron chi connectivity index (χ3n) is 6.98. The van der Waals surface area contributed by atoms with Crippen LogP contribution in [0.5, 0.6) is 5.75 Å². The van der Waals surface area contributed by atoms with Gasteiger partial charge in [0.1, 0.15) is 17.9 Å². The smallest absolute Gasteiger partial charge is 0.341 e. The predicted octanol–water partition coefficient (Wildman–Crippen LogP) is 7.02. The Morgan fingerprint density at radius 3 is 2.35 bits per heavy atom. The molecule has 0 spiro atoms.